The average Bonchev–Trinajstić information content (AvgIpc) is 2.63. The molecular formula is C17H19BrFN5O2. The van der Waals surface area contributed by atoms with Crippen molar-refractivity contribution in [3.05, 3.63) is 28.5 Å². The number of alkyl halides is 1. The van der Waals surface area contributed by atoms with Crippen LogP contribution in [0, 0.1) is 5.92 Å². The maximum absolute atomic E-state index is 14.0. The van der Waals surface area contributed by atoms with E-state index >= 15 is 0 Å². The van der Waals surface area contributed by atoms with Crippen molar-refractivity contribution in [2.45, 2.75) is 20.0 Å². The third-order valence-electron chi connectivity index (χ3n) is 4.31. The number of aromatic nitrogens is 1. The van der Waals surface area contributed by atoms with E-state index in [1.54, 1.807) is 31.0 Å². The Morgan fingerprint density at radius 1 is 1.23 bits per heavy atom. The summed E-state index contributed by atoms with van der Waals surface area (Å²) in [4.78, 5) is 39.9. The summed E-state index contributed by atoms with van der Waals surface area (Å²) >= 11 is 3.31. The molecule has 3 rings (SSSR count). The van der Waals surface area contributed by atoms with Gasteiger partial charge >= 0.3 is 0 Å². The van der Waals surface area contributed by atoms with Gasteiger partial charge < -0.3 is 9.80 Å². The Bertz CT molecular complexity index is 787. The maximum Gasteiger partial charge on any atom is 0.289 e. The number of hydrogen-bond donors (Lipinski definition) is 0. The first kappa shape index (κ1) is 18.6. The molecule has 9 heteroatoms. The van der Waals surface area contributed by atoms with Crippen molar-refractivity contribution in [1.82, 2.24) is 14.8 Å². The first-order chi connectivity index (χ1) is 12.4. The number of amides is 2. The normalized spacial score (nSPS) is 21.0. The zero-order valence-electron chi connectivity index (χ0n) is 14.5. The third kappa shape index (κ3) is 3.82. The van der Waals surface area contributed by atoms with E-state index in [4.69, 9.17) is 0 Å². The highest BCUT2D eigenvalue weighted by atomic mass is 79.9. The standard InChI is InChI=1S/C17H19BrFN5O2/c1-10(2)14-13(19)15(25)22-17(21-14)24-5-3-23(4-6-24)16(26)11-7-12(18)9-20-8-11/h7-10,13H,3-6H2,1-2H3. The predicted molar refractivity (Wildman–Crippen MR) is 99.0 cm³/mol. The van der Waals surface area contributed by atoms with Crippen LogP contribution in [0.2, 0.25) is 0 Å². The number of halogens is 2. The van der Waals surface area contributed by atoms with Gasteiger partial charge in [-0.3, -0.25) is 14.6 Å². The van der Waals surface area contributed by atoms with Gasteiger partial charge in [0, 0.05) is 43.0 Å². The molecule has 0 spiro atoms. The Labute approximate surface area is 159 Å². The van der Waals surface area contributed by atoms with Crippen LogP contribution in [0.3, 0.4) is 0 Å². The molecule has 0 aliphatic carbocycles. The van der Waals surface area contributed by atoms with Gasteiger partial charge in [0.05, 0.1) is 11.3 Å². The largest absolute Gasteiger partial charge is 0.337 e. The van der Waals surface area contributed by atoms with Gasteiger partial charge in [-0.2, -0.15) is 4.99 Å². The lowest BCUT2D eigenvalue weighted by Crippen LogP contribution is -2.51. The molecule has 0 bridgehead atoms. The highest BCUT2D eigenvalue weighted by molar-refractivity contribution is 9.10. The molecule has 1 fully saturated rings. The van der Waals surface area contributed by atoms with Gasteiger partial charge in [0.15, 0.2) is 0 Å². The van der Waals surface area contributed by atoms with Crippen LogP contribution in [0.25, 0.3) is 0 Å². The fourth-order valence-electron chi connectivity index (χ4n) is 2.86. The first-order valence-corrected chi connectivity index (χ1v) is 9.16. The number of nitrogens with zero attached hydrogens (tertiary/aromatic N) is 5. The number of piperazine rings is 1. The first-order valence-electron chi connectivity index (χ1n) is 8.36. The molecule has 2 aliphatic rings. The van der Waals surface area contributed by atoms with Gasteiger partial charge in [-0.05, 0) is 27.9 Å². The number of rotatable bonds is 2. The van der Waals surface area contributed by atoms with Gasteiger partial charge in [0.2, 0.25) is 12.1 Å². The Morgan fingerprint density at radius 3 is 2.54 bits per heavy atom. The second-order valence-electron chi connectivity index (χ2n) is 6.48. The monoisotopic (exact) mass is 423 g/mol. The number of carbonyl (C=O) groups excluding carboxylic acids is 2. The summed E-state index contributed by atoms with van der Waals surface area (Å²) in [6.45, 7) is 5.47. The average molecular weight is 424 g/mol. The zero-order valence-corrected chi connectivity index (χ0v) is 16.1. The number of carbonyl (C=O) groups is 2. The second-order valence-corrected chi connectivity index (χ2v) is 7.39. The molecule has 1 saturated heterocycles. The summed E-state index contributed by atoms with van der Waals surface area (Å²) < 4.78 is 14.7. The van der Waals surface area contributed by atoms with Crippen molar-refractivity contribution in [1.29, 1.82) is 0 Å². The summed E-state index contributed by atoms with van der Waals surface area (Å²) in [6.07, 6.45) is 1.39. The van der Waals surface area contributed by atoms with Gasteiger partial charge in [0.1, 0.15) is 0 Å². The van der Waals surface area contributed by atoms with E-state index in [9.17, 15) is 14.0 Å². The van der Waals surface area contributed by atoms with Crippen LogP contribution < -0.4 is 0 Å². The molecule has 0 N–H and O–H groups in total. The summed E-state index contributed by atoms with van der Waals surface area (Å²) in [5, 5.41) is 0. The van der Waals surface area contributed by atoms with Crippen LogP contribution in [0.15, 0.2) is 32.9 Å². The fourth-order valence-corrected chi connectivity index (χ4v) is 3.23. The molecular weight excluding hydrogens is 405 g/mol. The van der Waals surface area contributed by atoms with E-state index in [2.05, 4.69) is 30.9 Å². The molecule has 138 valence electrons. The van der Waals surface area contributed by atoms with E-state index in [1.807, 2.05) is 4.90 Å². The van der Waals surface area contributed by atoms with Gasteiger partial charge in [-0.25, -0.2) is 9.38 Å². The van der Waals surface area contributed by atoms with Crippen molar-refractivity contribution in [3.63, 3.8) is 0 Å². The lowest BCUT2D eigenvalue weighted by Gasteiger charge is -2.36. The third-order valence-corrected chi connectivity index (χ3v) is 4.74. The lowest BCUT2D eigenvalue weighted by molar-refractivity contribution is -0.120. The van der Waals surface area contributed by atoms with Crippen LogP contribution in [0.4, 0.5) is 4.39 Å². The Hall–Kier alpha value is -2.16. The van der Waals surface area contributed by atoms with Crippen molar-refractivity contribution >= 4 is 39.4 Å². The summed E-state index contributed by atoms with van der Waals surface area (Å²) in [5.74, 6) is -0.845. The van der Waals surface area contributed by atoms with E-state index in [-0.39, 0.29) is 23.5 Å². The summed E-state index contributed by atoms with van der Waals surface area (Å²) in [5.41, 5.74) is 0.720. The molecule has 1 atom stereocenters. The molecule has 26 heavy (non-hydrogen) atoms. The number of guanidine groups is 1. The van der Waals surface area contributed by atoms with Crippen molar-refractivity contribution in [2.75, 3.05) is 26.2 Å². The lowest BCUT2D eigenvalue weighted by atomic mass is 10.0. The minimum Gasteiger partial charge on any atom is -0.337 e. The molecule has 0 saturated carbocycles. The van der Waals surface area contributed by atoms with Crippen LogP contribution in [-0.4, -0.2) is 70.6 Å². The number of hydrogen-bond acceptors (Lipinski definition) is 5. The Balaban J connectivity index is 1.68. The molecule has 7 nitrogen and oxygen atoms in total. The van der Waals surface area contributed by atoms with Crippen molar-refractivity contribution in [2.24, 2.45) is 15.9 Å². The second kappa shape index (κ2) is 7.61. The highest BCUT2D eigenvalue weighted by Crippen LogP contribution is 2.17. The van der Waals surface area contributed by atoms with Crippen LogP contribution in [0.1, 0.15) is 24.2 Å². The van der Waals surface area contributed by atoms with Gasteiger partial charge in [0.25, 0.3) is 11.8 Å². The fraction of sp³-hybridized carbons (Fsp3) is 0.471. The molecule has 1 unspecified atom stereocenters. The van der Waals surface area contributed by atoms with E-state index in [1.165, 1.54) is 6.20 Å². The summed E-state index contributed by atoms with van der Waals surface area (Å²) in [6, 6.07) is 1.73. The molecule has 0 aromatic carbocycles. The topological polar surface area (TPSA) is 78.2 Å². The SMILES string of the molecule is CC(C)C1=NC(N2CCN(C(=O)c3cncc(Br)c3)CC2)=NC(=O)C1F. The quantitative estimate of drug-likeness (QED) is 0.727. The molecule has 0 radical (unpaired) electrons. The highest BCUT2D eigenvalue weighted by Gasteiger charge is 2.33. The molecule has 3 heterocycles. The van der Waals surface area contributed by atoms with E-state index in [0.29, 0.717) is 31.7 Å². The van der Waals surface area contributed by atoms with E-state index in [0.717, 1.165) is 4.47 Å². The number of aliphatic imine (C=N–C) groups is 2. The number of pyridine rings is 1. The van der Waals surface area contributed by atoms with Gasteiger partial charge in [-0.1, -0.05) is 13.8 Å². The Kier molecular flexibility index (Phi) is 5.45. The van der Waals surface area contributed by atoms with Crippen molar-refractivity contribution in [3.8, 4) is 0 Å². The smallest absolute Gasteiger partial charge is 0.289 e. The summed E-state index contributed by atoms with van der Waals surface area (Å²) in [7, 11) is 0. The van der Waals surface area contributed by atoms with Crippen LogP contribution >= 0.6 is 15.9 Å². The van der Waals surface area contributed by atoms with Crippen LogP contribution in [-0.2, 0) is 4.79 Å². The maximum atomic E-state index is 14.0. The van der Waals surface area contributed by atoms with Crippen molar-refractivity contribution < 1.29 is 14.0 Å². The minimum atomic E-state index is -1.76. The zero-order chi connectivity index (χ0) is 18.8. The molecule has 2 aliphatic heterocycles. The molecule has 2 amide bonds. The van der Waals surface area contributed by atoms with E-state index < -0.39 is 12.1 Å². The van der Waals surface area contributed by atoms with Crippen LogP contribution in [0.5, 0.6) is 0 Å². The van der Waals surface area contributed by atoms with Gasteiger partial charge in [-0.15, -0.1) is 0 Å². The molecule has 1 aromatic rings. The molecule has 1 aromatic heterocycles. The predicted octanol–water partition coefficient (Wildman–Crippen LogP) is 1.93. The Morgan fingerprint density at radius 2 is 1.92 bits per heavy atom. The minimum absolute atomic E-state index is 0.102.